The van der Waals surface area contributed by atoms with Crippen molar-refractivity contribution in [3.8, 4) is 5.75 Å². The molecule has 1 unspecified atom stereocenters. The zero-order valence-corrected chi connectivity index (χ0v) is 14.4. The van der Waals surface area contributed by atoms with Gasteiger partial charge in [0.2, 0.25) is 0 Å². The third-order valence-electron chi connectivity index (χ3n) is 4.51. The molecule has 5 nitrogen and oxygen atoms in total. The van der Waals surface area contributed by atoms with Gasteiger partial charge in [-0.3, -0.25) is 9.89 Å². The number of phenols is 1. The number of likely N-dealkylation sites (tertiary alicyclic amines) is 1. The molecule has 5 heteroatoms. The van der Waals surface area contributed by atoms with Crippen molar-refractivity contribution in [1.82, 2.24) is 15.5 Å². The van der Waals surface area contributed by atoms with Crippen molar-refractivity contribution in [3.05, 3.63) is 29.8 Å². The van der Waals surface area contributed by atoms with Crippen LogP contribution in [0.1, 0.15) is 31.7 Å². The van der Waals surface area contributed by atoms with E-state index < -0.39 is 0 Å². The SMILES string of the molecule is CCN1CCCC1CNC(=NC)NCCCc1ccc(O)cc1. The molecule has 0 spiro atoms. The Labute approximate surface area is 139 Å². The van der Waals surface area contributed by atoms with Crippen LogP contribution >= 0.6 is 0 Å². The van der Waals surface area contributed by atoms with E-state index in [0.717, 1.165) is 38.4 Å². The summed E-state index contributed by atoms with van der Waals surface area (Å²) < 4.78 is 0. The summed E-state index contributed by atoms with van der Waals surface area (Å²) in [4.78, 5) is 6.83. The number of aromatic hydroxyl groups is 1. The van der Waals surface area contributed by atoms with E-state index in [9.17, 15) is 5.11 Å². The molecule has 1 aliphatic heterocycles. The van der Waals surface area contributed by atoms with Crippen LogP contribution in [0.4, 0.5) is 0 Å². The molecule has 128 valence electrons. The Hall–Kier alpha value is -1.75. The summed E-state index contributed by atoms with van der Waals surface area (Å²) in [5, 5.41) is 16.1. The molecule has 1 saturated heterocycles. The van der Waals surface area contributed by atoms with E-state index in [4.69, 9.17) is 0 Å². The molecule has 0 aromatic heterocycles. The Morgan fingerprint density at radius 1 is 1.30 bits per heavy atom. The first-order chi connectivity index (χ1) is 11.2. The quantitative estimate of drug-likeness (QED) is 0.409. The summed E-state index contributed by atoms with van der Waals surface area (Å²) in [6, 6.07) is 8.06. The van der Waals surface area contributed by atoms with Crippen molar-refractivity contribution in [2.45, 2.75) is 38.6 Å². The average Bonchev–Trinajstić information content (AvgIpc) is 3.03. The minimum Gasteiger partial charge on any atom is -0.508 e. The van der Waals surface area contributed by atoms with Crippen LogP contribution in [0.15, 0.2) is 29.3 Å². The van der Waals surface area contributed by atoms with E-state index in [1.165, 1.54) is 24.9 Å². The van der Waals surface area contributed by atoms with Crippen LogP contribution in [0.25, 0.3) is 0 Å². The summed E-state index contributed by atoms with van der Waals surface area (Å²) in [5.74, 6) is 1.21. The number of nitrogens with one attached hydrogen (secondary N) is 2. The molecule has 0 aliphatic carbocycles. The van der Waals surface area contributed by atoms with Crippen molar-refractivity contribution in [3.63, 3.8) is 0 Å². The lowest BCUT2D eigenvalue weighted by molar-refractivity contribution is 0.267. The lowest BCUT2D eigenvalue weighted by Crippen LogP contribution is -2.45. The van der Waals surface area contributed by atoms with E-state index >= 15 is 0 Å². The van der Waals surface area contributed by atoms with Crippen LogP contribution in [-0.4, -0.2) is 55.2 Å². The number of benzene rings is 1. The van der Waals surface area contributed by atoms with E-state index in [2.05, 4.69) is 27.4 Å². The van der Waals surface area contributed by atoms with Crippen LogP contribution in [0, 0.1) is 0 Å². The van der Waals surface area contributed by atoms with Crippen LogP contribution < -0.4 is 10.6 Å². The molecular formula is C18H30N4O. The van der Waals surface area contributed by atoms with Crippen molar-refractivity contribution < 1.29 is 5.11 Å². The predicted molar refractivity (Wildman–Crippen MR) is 96.1 cm³/mol. The highest BCUT2D eigenvalue weighted by Gasteiger charge is 2.22. The normalized spacial score (nSPS) is 19.0. The van der Waals surface area contributed by atoms with Gasteiger partial charge in [-0.2, -0.15) is 0 Å². The first kappa shape index (κ1) is 17.6. The van der Waals surface area contributed by atoms with Gasteiger partial charge in [-0.05, 0) is 56.5 Å². The van der Waals surface area contributed by atoms with Crippen LogP contribution in [-0.2, 0) is 6.42 Å². The Kier molecular flexibility index (Phi) is 7.20. The molecule has 0 amide bonds. The summed E-state index contributed by atoms with van der Waals surface area (Å²) >= 11 is 0. The minimum atomic E-state index is 0.324. The van der Waals surface area contributed by atoms with Gasteiger partial charge in [0.15, 0.2) is 5.96 Å². The molecule has 1 aliphatic rings. The van der Waals surface area contributed by atoms with Gasteiger partial charge in [0.1, 0.15) is 5.75 Å². The number of hydrogen-bond donors (Lipinski definition) is 3. The fourth-order valence-electron chi connectivity index (χ4n) is 3.14. The number of rotatable bonds is 7. The van der Waals surface area contributed by atoms with Gasteiger partial charge >= 0.3 is 0 Å². The Morgan fingerprint density at radius 2 is 2.09 bits per heavy atom. The van der Waals surface area contributed by atoms with Crippen LogP contribution in [0.2, 0.25) is 0 Å². The maximum atomic E-state index is 9.28. The molecule has 1 atom stereocenters. The van der Waals surface area contributed by atoms with Crippen LogP contribution in [0.5, 0.6) is 5.75 Å². The summed E-state index contributed by atoms with van der Waals surface area (Å²) in [6.07, 6.45) is 4.62. The second-order valence-corrected chi connectivity index (χ2v) is 6.07. The maximum Gasteiger partial charge on any atom is 0.191 e. The van der Waals surface area contributed by atoms with Gasteiger partial charge in [0.25, 0.3) is 0 Å². The Balaban J connectivity index is 1.64. The number of nitrogens with zero attached hydrogens (tertiary/aromatic N) is 2. The smallest absolute Gasteiger partial charge is 0.191 e. The maximum absolute atomic E-state index is 9.28. The molecular weight excluding hydrogens is 288 g/mol. The molecule has 0 radical (unpaired) electrons. The monoisotopic (exact) mass is 318 g/mol. The highest BCUT2D eigenvalue weighted by molar-refractivity contribution is 5.79. The van der Waals surface area contributed by atoms with Crippen molar-refractivity contribution in [2.24, 2.45) is 4.99 Å². The topological polar surface area (TPSA) is 59.9 Å². The Morgan fingerprint density at radius 3 is 2.78 bits per heavy atom. The highest BCUT2D eigenvalue weighted by atomic mass is 16.3. The fraction of sp³-hybridized carbons (Fsp3) is 0.611. The number of aliphatic imine (C=N–C) groups is 1. The summed E-state index contributed by atoms with van der Waals surface area (Å²) in [7, 11) is 1.82. The zero-order valence-electron chi connectivity index (χ0n) is 14.4. The molecule has 3 N–H and O–H groups in total. The lowest BCUT2D eigenvalue weighted by atomic mass is 10.1. The molecule has 1 fully saturated rings. The van der Waals surface area contributed by atoms with Gasteiger partial charge in [0, 0.05) is 26.2 Å². The summed E-state index contributed by atoms with van der Waals surface area (Å²) in [6.45, 7) is 6.44. The molecule has 1 aromatic carbocycles. The zero-order chi connectivity index (χ0) is 16.5. The molecule has 23 heavy (non-hydrogen) atoms. The number of hydrogen-bond acceptors (Lipinski definition) is 3. The number of likely N-dealkylation sites (N-methyl/N-ethyl adjacent to an activating group) is 1. The highest BCUT2D eigenvalue weighted by Crippen LogP contribution is 2.15. The number of phenolic OH excluding ortho intramolecular Hbond substituents is 1. The summed E-state index contributed by atoms with van der Waals surface area (Å²) in [5.41, 5.74) is 1.25. The molecule has 0 saturated carbocycles. The van der Waals surface area contributed by atoms with Crippen molar-refractivity contribution >= 4 is 5.96 Å². The second-order valence-electron chi connectivity index (χ2n) is 6.07. The van der Waals surface area contributed by atoms with E-state index in [1.807, 2.05) is 19.2 Å². The first-order valence-corrected chi connectivity index (χ1v) is 8.69. The van der Waals surface area contributed by atoms with E-state index in [1.54, 1.807) is 12.1 Å². The van der Waals surface area contributed by atoms with Gasteiger partial charge < -0.3 is 15.7 Å². The fourth-order valence-corrected chi connectivity index (χ4v) is 3.14. The molecule has 1 heterocycles. The van der Waals surface area contributed by atoms with E-state index in [-0.39, 0.29) is 0 Å². The van der Waals surface area contributed by atoms with Crippen LogP contribution in [0.3, 0.4) is 0 Å². The third kappa shape index (κ3) is 5.75. The first-order valence-electron chi connectivity index (χ1n) is 8.69. The number of guanidine groups is 1. The molecule has 2 rings (SSSR count). The third-order valence-corrected chi connectivity index (χ3v) is 4.51. The largest absolute Gasteiger partial charge is 0.508 e. The van der Waals surface area contributed by atoms with E-state index in [0.29, 0.717) is 11.8 Å². The second kappa shape index (κ2) is 9.40. The van der Waals surface area contributed by atoms with Gasteiger partial charge in [-0.1, -0.05) is 19.1 Å². The predicted octanol–water partition coefficient (Wildman–Crippen LogP) is 1.97. The molecule has 1 aromatic rings. The van der Waals surface area contributed by atoms with Crippen molar-refractivity contribution in [2.75, 3.05) is 33.2 Å². The standard InChI is InChI=1S/C18H30N4O/c1-3-22-13-5-7-16(22)14-21-18(19-2)20-12-4-6-15-8-10-17(23)11-9-15/h8-11,16,23H,3-7,12-14H2,1-2H3,(H2,19,20,21). The van der Waals surface area contributed by atoms with Crippen molar-refractivity contribution in [1.29, 1.82) is 0 Å². The van der Waals surface area contributed by atoms with Gasteiger partial charge in [-0.15, -0.1) is 0 Å². The molecule has 0 bridgehead atoms. The average molecular weight is 318 g/mol. The number of aryl methyl sites for hydroxylation is 1. The lowest BCUT2D eigenvalue weighted by Gasteiger charge is -2.24. The minimum absolute atomic E-state index is 0.324. The van der Waals surface area contributed by atoms with Gasteiger partial charge in [0.05, 0.1) is 0 Å². The van der Waals surface area contributed by atoms with Gasteiger partial charge in [-0.25, -0.2) is 0 Å². The Bertz CT molecular complexity index is 486.